The first-order valence-electron chi connectivity index (χ1n) is 9.40. The Morgan fingerprint density at radius 3 is 2.11 bits per heavy atom. The number of halogens is 1. The van der Waals surface area contributed by atoms with Gasteiger partial charge in [0.1, 0.15) is 5.82 Å². The standard InChI is InChI=1S/C24H24FNO2/c25-23-9-5-4-8-22(23)14-15-24(27)26-16-19-10-12-21(13-11-19)18-28-17-20-6-2-1-3-7-20/h1-13H,14-18H2,(H,26,27). The fraction of sp³-hybridized carbons (Fsp3) is 0.208. The second kappa shape index (κ2) is 10.4. The van der Waals surface area contributed by atoms with Gasteiger partial charge in [-0.25, -0.2) is 4.39 Å². The highest BCUT2D eigenvalue weighted by molar-refractivity contribution is 5.76. The first-order valence-corrected chi connectivity index (χ1v) is 9.40. The molecule has 144 valence electrons. The molecular weight excluding hydrogens is 353 g/mol. The zero-order valence-electron chi connectivity index (χ0n) is 15.7. The molecule has 3 rings (SSSR count). The smallest absolute Gasteiger partial charge is 0.220 e. The molecule has 0 atom stereocenters. The van der Waals surface area contributed by atoms with Gasteiger partial charge >= 0.3 is 0 Å². The van der Waals surface area contributed by atoms with E-state index in [9.17, 15) is 9.18 Å². The third kappa shape index (κ3) is 6.32. The first kappa shape index (κ1) is 19.8. The quantitative estimate of drug-likeness (QED) is 0.582. The molecule has 3 nitrogen and oxygen atoms in total. The van der Waals surface area contributed by atoms with Crippen LogP contribution in [0.4, 0.5) is 4.39 Å². The van der Waals surface area contributed by atoms with E-state index in [1.165, 1.54) is 6.07 Å². The van der Waals surface area contributed by atoms with Gasteiger partial charge < -0.3 is 10.1 Å². The zero-order chi connectivity index (χ0) is 19.6. The molecule has 3 aromatic rings. The van der Waals surface area contributed by atoms with Crippen LogP contribution in [0.15, 0.2) is 78.9 Å². The monoisotopic (exact) mass is 377 g/mol. The molecule has 0 saturated heterocycles. The number of hydrogen-bond donors (Lipinski definition) is 1. The molecular formula is C24H24FNO2. The normalized spacial score (nSPS) is 10.6. The third-order valence-corrected chi connectivity index (χ3v) is 4.47. The average molecular weight is 377 g/mol. The Kier molecular flexibility index (Phi) is 7.33. The van der Waals surface area contributed by atoms with Gasteiger partial charge in [-0.15, -0.1) is 0 Å². The van der Waals surface area contributed by atoms with E-state index < -0.39 is 0 Å². The number of aryl methyl sites for hydroxylation is 1. The summed E-state index contributed by atoms with van der Waals surface area (Å²) in [5.41, 5.74) is 3.83. The van der Waals surface area contributed by atoms with Gasteiger partial charge in [-0.1, -0.05) is 72.8 Å². The number of benzene rings is 3. The Morgan fingerprint density at radius 1 is 0.786 bits per heavy atom. The fourth-order valence-corrected chi connectivity index (χ4v) is 2.85. The van der Waals surface area contributed by atoms with Gasteiger partial charge in [0.05, 0.1) is 13.2 Å². The maximum absolute atomic E-state index is 13.6. The Morgan fingerprint density at radius 2 is 1.39 bits per heavy atom. The molecule has 0 bridgehead atoms. The molecule has 0 spiro atoms. The summed E-state index contributed by atoms with van der Waals surface area (Å²) in [5, 5.41) is 2.88. The molecule has 3 aromatic carbocycles. The van der Waals surface area contributed by atoms with Crippen LogP contribution in [0.5, 0.6) is 0 Å². The molecule has 4 heteroatoms. The van der Waals surface area contributed by atoms with Gasteiger partial charge in [0.15, 0.2) is 0 Å². The van der Waals surface area contributed by atoms with Gasteiger partial charge in [-0.3, -0.25) is 4.79 Å². The summed E-state index contributed by atoms with van der Waals surface area (Å²) in [5.74, 6) is -0.348. The average Bonchev–Trinajstić information content (AvgIpc) is 2.73. The van der Waals surface area contributed by atoms with Crippen molar-refractivity contribution in [2.45, 2.75) is 32.6 Å². The molecule has 1 amide bonds. The minimum atomic E-state index is -0.264. The van der Waals surface area contributed by atoms with Gasteiger partial charge in [-0.2, -0.15) is 0 Å². The molecule has 0 aliphatic rings. The van der Waals surface area contributed by atoms with Crippen molar-refractivity contribution in [2.75, 3.05) is 0 Å². The Hall–Kier alpha value is -2.98. The summed E-state index contributed by atoms with van der Waals surface area (Å²) in [7, 11) is 0. The Balaban J connectivity index is 1.38. The van der Waals surface area contributed by atoms with E-state index in [1.54, 1.807) is 18.2 Å². The molecule has 0 fully saturated rings. The van der Waals surface area contributed by atoms with Crippen LogP contribution >= 0.6 is 0 Å². The van der Waals surface area contributed by atoms with Crippen molar-refractivity contribution in [1.82, 2.24) is 5.32 Å². The molecule has 28 heavy (non-hydrogen) atoms. The SMILES string of the molecule is O=C(CCc1ccccc1F)NCc1ccc(COCc2ccccc2)cc1. The Labute approximate surface area is 165 Å². The van der Waals surface area contributed by atoms with Crippen LogP contribution in [-0.2, 0) is 35.7 Å². The largest absolute Gasteiger partial charge is 0.372 e. The highest BCUT2D eigenvalue weighted by Gasteiger charge is 2.06. The molecule has 0 unspecified atom stereocenters. The molecule has 0 saturated carbocycles. The van der Waals surface area contributed by atoms with Crippen LogP contribution in [0.2, 0.25) is 0 Å². The van der Waals surface area contributed by atoms with E-state index in [0.717, 1.165) is 16.7 Å². The van der Waals surface area contributed by atoms with Crippen molar-refractivity contribution in [2.24, 2.45) is 0 Å². The number of hydrogen-bond acceptors (Lipinski definition) is 2. The van der Waals surface area contributed by atoms with Crippen molar-refractivity contribution >= 4 is 5.91 Å². The number of rotatable bonds is 9. The molecule has 1 N–H and O–H groups in total. The predicted octanol–water partition coefficient (Wildman–Crippen LogP) is 4.79. The second-order valence-electron chi connectivity index (χ2n) is 6.66. The summed E-state index contributed by atoms with van der Waals surface area (Å²) in [6.07, 6.45) is 0.669. The van der Waals surface area contributed by atoms with Gasteiger partial charge in [-0.05, 0) is 34.7 Å². The molecule has 0 aromatic heterocycles. The van der Waals surface area contributed by atoms with E-state index in [4.69, 9.17) is 4.74 Å². The van der Waals surface area contributed by atoms with Crippen molar-refractivity contribution in [3.8, 4) is 0 Å². The number of ether oxygens (including phenoxy) is 1. The summed E-state index contributed by atoms with van der Waals surface area (Å²) in [6, 6.07) is 24.6. The van der Waals surface area contributed by atoms with Gasteiger partial charge in [0.2, 0.25) is 5.91 Å². The van der Waals surface area contributed by atoms with Crippen molar-refractivity contribution in [3.63, 3.8) is 0 Å². The minimum Gasteiger partial charge on any atom is -0.372 e. The lowest BCUT2D eigenvalue weighted by Crippen LogP contribution is -2.23. The van der Waals surface area contributed by atoms with Crippen molar-refractivity contribution < 1.29 is 13.9 Å². The van der Waals surface area contributed by atoms with Gasteiger partial charge in [0.25, 0.3) is 0 Å². The van der Waals surface area contributed by atoms with Crippen LogP contribution in [0.1, 0.15) is 28.7 Å². The maximum Gasteiger partial charge on any atom is 0.220 e. The van der Waals surface area contributed by atoms with Crippen molar-refractivity contribution in [3.05, 3.63) is 107 Å². The van der Waals surface area contributed by atoms with Crippen LogP contribution < -0.4 is 5.32 Å². The lowest BCUT2D eigenvalue weighted by Gasteiger charge is -2.08. The van der Waals surface area contributed by atoms with Crippen LogP contribution in [0, 0.1) is 5.82 Å². The van der Waals surface area contributed by atoms with E-state index >= 15 is 0 Å². The number of amides is 1. The summed E-state index contributed by atoms with van der Waals surface area (Å²) in [6.45, 7) is 1.59. The highest BCUT2D eigenvalue weighted by Crippen LogP contribution is 2.10. The minimum absolute atomic E-state index is 0.0847. The number of carbonyl (C=O) groups is 1. The summed E-state index contributed by atoms with van der Waals surface area (Å²) >= 11 is 0. The van der Waals surface area contributed by atoms with E-state index in [2.05, 4.69) is 5.32 Å². The van der Waals surface area contributed by atoms with Crippen LogP contribution in [-0.4, -0.2) is 5.91 Å². The zero-order valence-corrected chi connectivity index (χ0v) is 15.7. The molecule has 0 aliphatic carbocycles. The Bertz CT molecular complexity index is 879. The second-order valence-corrected chi connectivity index (χ2v) is 6.66. The lowest BCUT2D eigenvalue weighted by atomic mass is 10.1. The van der Waals surface area contributed by atoms with Gasteiger partial charge in [0, 0.05) is 13.0 Å². The van der Waals surface area contributed by atoms with Crippen molar-refractivity contribution in [1.29, 1.82) is 0 Å². The van der Waals surface area contributed by atoms with Crippen LogP contribution in [0.25, 0.3) is 0 Å². The number of carbonyl (C=O) groups excluding carboxylic acids is 1. The molecule has 0 aliphatic heterocycles. The summed E-state index contributed by atoms with van der Waals surface area (Å²) in [4.78, 5) is 12.0. The molecule has 0 radical (unpaired) electrons. The topological polar surface area (TPSA) is 38.3 Å². The summed E-state index contributed by atoms with van der Waals surface area (Å²) < 4.78 is 19.3. The van der Waals surface area contributed by atoms with E-state index in [1.807, 2.05) is 54.6 Å². The van der Waals surface area contributed by atoms with Crippen LogP contribution in [0.3, 0.4) is 0 Å². The predicted molar refractivity (Wildman–Crippen MR) is 108 cm³/mol. The lowest BCUT2D eigenvalue weighted by molar-refractivity contribution is -0.121. The van der Waals surface area contributed by atoms with E-state index in [0.29, 0.717) is 31.7 Å². The maximum atomic E-state index is 13.6. The number of nitrogens with one attached hydrogen (secondary N) is 1. The highest BCUT2D eigenvalue weighted by atomic mass is 19.1. The fourth-order valence-electron chi connectivity index (χ4n) is 2.85. The first-order chi connectivity index (χ1) is 13.7. The third-order valence-electron chi connectivity index (χ3n) is 4.47. The molecule has 0 heterocycles. The van der Waals surface area contributed by atoms with E-state index in [-0.39, 0.29) is 18.1 Å².